The topological polar surface area (TPSA) is 54.0 Å². The maximum atomic E-state index is 11.4. The number of nitrogens with zero attached hydrogens (tertiary/aromatic N) is 1. The number of hydrogen-bond acceptors (Lipinski definition) is 3. The zero-order valence-corrected chi connectivity index (χ0v) is 11.4. The minimum Gasteiger partial charge on any atom is -0.370 e. The highest BCUT2D eigenvalue weighted by Gasteiger charge is 2.22. The Hall–Kier alpha value is -1.10. The number of pyridine rings is 1. The summed E-state index contributed by atoms with van der Waals surface area (Å²) in [6, 6.07) is 4.29. The Morgan fingerprint density at radius 1 is 1.53 bits per heavy atom. The molecule has 0 atom stereocenters. The van der Waals surface area contributed by atoms with Gasteiger partial charge in [0.05, 0.1) is 5.69 Å². The van der Waals surface area contributed by atoms with Crippen molar-refractivity contribution < 1.29 is 4.79 Å². The fraction of sp³-hybridized carbons (Fsp3) is 0.500. The van der Waals surface area contributed by atoms with Gasteiger partial charge in [-0.2, -0.15) is 0 Å². The Morgan fingerprint density at radius 2 is 2.29 bits per heavy atom. The van der Waals surface area contributed by atoms with Gasteiger partial charge in [0.25, 0.3) is 0 Å². The zero-order valence-electron chi connectivity index (χ0n) is 9.79. The van der Waals surface area contributed by atoms with Crippen LogP contribution in [0.1, 0.15) is 25.0 Å². The molecule has 0 saturated heterocycles. The van der Waals surface area contributed by atoms with Crippen molar-refractivity contribution in [2.45, 2.75) is 32.2 Å². The number of anilines is 1. The standard InChI is InChI=1S/C12H16BrN3O/c1-8-10(13)4-5-11(15-8)14-7-6-12(17)16-9-2-3-9/h4-5,9H,2-3,6-7H2,1H3,(H,14,15)(H,16,17). The van der Waals surface area contributed by atoms with Crippen LogP contribution in [0.4, 0.5) is 5.82 Å². The van der Waals surface area contributed by atoms with Gasteiger partial charge in [0.2, 0.25) is 5.91 Å². The summed E-state index contributed by atoms with van der Waals surface area (Å²) in [5, 5.41) is 6.10. The molecular formula is C12H16BrN3O. The number of aryl methyl sites for hydroxylation is 1. The Kier molecular flexibility index (Phi) is 3.99. The van der Waals surface area contributed by atoms with Crippen LogP contribution in [0.15, 0.2) is 16.6 Å². The van der Waals surface area contributed by atoms with Crippen molar-refractivity contribution >= 4 is 27.7 Å². The molecule has 1 heterocycles. The molecule has 1 fully saturated rings. The molecule has 0 radical (unpaired) electrons. The second kappa shape index (κ2) is 5.49. The van der Waals surface area contributed by atoms with Crippen molar-refractivity contribution in [3.05, 3.63) is 22.3 Å². The average Bonchev–Trinajstić information content (AvgIpc) is 3.07. The quantitative estimate of drug-likeness (QED) is 0.876. The number of halogens is 1. The molecule has 0 aliphatic heterocycles. The number of carbonyl (C=O) groups is 1. The van der Waals surface area contributed by atoms with Crippen molar-refractivity contribution in [1.29, 1.82) is 0 Å². The molecule has 17 heavy (non-hydrogen) atoms. The Balaban J connectivity index is 1.73. The summed E-state index contributed by atoms with van der Waals surface area (Å²) >= 11 is 3.40. The molecule has 0 aromatic carbocycles. The van der Waals surface area contributed by atoms with Crippen LogP contribution < -0.4 is 10.6 Å². The highest BCUT2D eigenvalue weighted by atomic mass is 79.9. The van der Waals surface area contributed by atoms with Crippen molar-refractivity contribution in [1.82, 2.24) is 10.3 Å². The highest BCUT2D eigenvalue weighted by Crippen LogP contribution is 2.18. The van der Waals surface area contributed by atoms with Gasteiger partial charge >= 0.3 is 0 Å². The maximum Gasteiger partial charge on any atom is 0.221 e. The molecule has 1 aromatic rings. The number of carbonyl (C=O) groups excluding carboxylic acids is 1. The molecule has 5 heteroatoms. The minimum atomic E-state index is 0.119. The van der Waals surface area contributed by atoms with Gasteiger partial charge in [0, 0.05) is 23.5 Å². The Labute approximate surface area is 109 Å². The summed E-state index contributed by atoms with van der Waals surface area (Å²) < 4.78 is 0.995. The summed E-state index contributed by atoms with van der Waals surface area (Å²) in [5.74, 6) is 0.929. The SMILES string of the molecule is Cc1nc(NCCC(=O)NC2CC2)ccc1Br. The summed E-state index contributed by atoms with van der Waals surface area (Å²) in [6.45, 7) is 2.56. The monoisotopic (exact) mass is 297 g/mol. The Morgan fingerprint density at radius 3 is 2.94 bits per heavy atom. The van der Waals surface area contributed by atoms with Crippen LogP contribution in [0.3, 0.4) is 0 Å². The smallest absolute Gasteiger partial charge is 0.221 e. The fourth-order valence-corrected chi connectivity index (χ4v) is 1.69. The van der Waals surface area contributed by atoms with Crippen molar-refractivity contribution in [2.24, 2.45) is 0 Å². The second-order valence-electron chi connectivity index (χ2n) is 4.28. The van der Waals surface area contributed by atoms with E-state index in [1.807, 2.05) is 19.1 Å². The van der Waals surface area contributed by atoms with E-state index in [1.165, 1.54) is 0 Å². The number of nitrogens with one attached hydrogen (secondary N) is 2. The van der Waals surface area contributed by atoms with Gasteiger partial charge in [0.15, 0.2) is 0 Å². The summed E-state index contributed by atoms with van der Waals surface area (Å²) in [4.78, 5) is 15.8. The molecule has 0 bridgehead atoms. The van der Waals surface area contributed by atoms with Crippen LogP contribution >= 0.6 is 15.9 Å². The predicted octanol–water partition coefficient (Wildman–Crippen LogP) is 2.23. The average molecular weight is 298 g/mol. The molecule has 1 amide bonds. The largest absolute Gasteiger partial charge is 0.370 e. The second-order valence-corrected chi connectivity index (χ2v) is 5.14. The molecular weight excluding hydrogens is 282 g/mol. The predicted molar refractivity (Wildman–Crippen MR) is 70.9 cm³/mol. The number of aromatic nitrogens is 1. The first-order valence-corrected chi connectivity index (χ1v) is 6.61. The van der Waals surface area contributed by atoms with Crippen LogP contribution in [-0.4, -0.2) is 23.5 Å². The van der Waals surface area contributed by atoms with E-state index in [4.69, 9.17) is 0 Å². The molecule has 1 saturated carbocycles. The van der Waals surface area contributed by atoms with Crippen LogP contribution in [0.2, 0.25) is 0 Å². The molecule has 4 nitrogen and oxygen atoms in total. The van der Waals surface area contributed by atoms with E-state index in [-0.39, 0.29) is 5.91 Å². The molecule has 1 aromatic heterocycles. The third-order valence-corrected chi connectivity index (χ3v) is 3.46. The van der Waals surface area contributed by atoms with Gasteiger partial charge in [-0.25, -0.2) is 4.98 Å². The summed E-state index contributed by atoms with van der Waals surface area (Å²) in [5.41, 5.74) is 0.942. The van der Waals surface area contributed by atoms with E-state index < -0.39 is 0 Å². The minimum absolute atomic E-state index is 0.119. The van der Waals surface area contributed by atoms with Gasteiger partial charge in [0.1, 0.15) is 5.82 Å². The molecule has 2 N–H and O–H groups in total. The van der Waals surface area contributed by atoms with Crippen LogP contribution in [0.25, 0.3) is 0 Å². The molecule has 1 aliphatic carbocycles. The lowest BCUT2D eigenvalue weighted by Gasteiger charge is -2.07. The highest BCUT2D eigenvalue weighted by molar-refractivity contribution is 9.10. The maximum absolute atomic E-state index is 11.4. The summed E-state index contributed by atoms with van der Waals surface area (Å²) in [7, 11) is 0. The first kappa shape index (κ1) is 12.4. The van der Waals surface area contributed by atoms with Crippen LogP contribution in [0.5, 0.6) is 0 Å². The molecule has 92 valence electrons. The number of amides is 1. The number of rotatable bonds is 5. The third-order valence-electron chi connectivity index (χ3n) is 2.62. The third kappa shape index (κ3) is 4.00. The lowest BCUT2D eigenvalue weighted by atomic mass is 10.3. The van der Waals surface area contributed by atoms with Gasteiger partial charge < -0.3 is 10.6 Å². The molecule has 0 unspecified atom stereocenters. The van der Waals surface area contributed by atoms with Gasteiger partial charge in [-0.1, -0.05) is 0 Å². The van der Waals surface area contributed by atoms with Gasteiger partial charge in [-0.15, -0.1) is 0 Å². The lowest BCUT2D eigenvalue weighted by Crippen LogP contribution is -2.27. The Bertz CT molecular complexity index is 418. The van der Waals surface area contributed by atoms with E-state index in [0.29, 0.717) is 19.0 Å². The van der Waals surface area contributed by atoms with Crippen molar-refractivity contribution in [2.75, 3.05) is 11.9 Å². The normalized spacial score (nSPS) is 14.5. The van der Waals surface area contributed by atoms with Crippen LogP contribution in [-0.2, 0) is 4.79 Å². The van der Waals surface area contributed by atoms with E-state index in [9.17, 15) is 4.79 Å². The van der Waals surface area contributed by atoms with E-state index >= 15 is 0 Å². The molecule has 2 rings (SSSR count). The van der Waals surface area contributed by atoms with Gasteiger partial charge in [-0.3, -0.25) is 4.79 Å². The molecule has 0 spiro atoms. The first-order valence-electron chi connectivity index (χ1n) is 5.81. The summed E-state index contributed by atoms with van der Waals surface area (Å²) in [6.07, 6.45) is 2.76. The van der Waals surface area contributed by atoms with Gasteiger partial charge in [-0.05, 0) is 47.8 Å². The van der Waals surface area contributed by atoms with Crippen molar-refractivity contribution in [3.63, 3.8) is 0 Å². The first-order chi connectivity index (χ1) is 8.15. The fourth-order valence-electron chi connectivity index (χ4n) is 1.47. The number of hydrogen-bond donors (Lipinski definition) is 2. The van der Waals surface area contributed by atoms with E-state index in [0.717, 1.165) is 28.8 Å². The van der Waals surface area contributed by atoms with E-state index in [1.54, 1.807) is 0 Å². The van der Waals surface area contributed by atoms with Crippen LogP contribution in [0, 0.1) is 6.92 Å². The van der Waals surface area contributed by atoms with E-state index in [2.05, 4.69) is 31.5 Å². The van der Waals surface area contributed by atoms with Crippen molar-refractivity contribution in [3.8, 4) is 0 Å². The molecule has 1 aliphatic rings. The zero-order chi connectivity index (χ0) is 12.3. The lowest BCUT2D eigenvalue weighted by molar-refractivity contribution is -0.120.